The second-order valence-electron chi connectivity index (χ2n) is 6.52. The fourth-order valence-corrected chi connectivity index (χ4v) is 3.52. The molecule has 2 aliphatic rings. The first-order chi connectivity index (χ1) is 11.6. The first-order valence-corrected chi connectivity index (χ1v) is 8.71. The normalized spacial score (nSPS) is 22.6. The molecular formula is C18H24F2N2O2. The van der Waals surface area contributed by atoms with Crippen LogP contribution in [0.15, 0.2) is 18.2 Å². The van der Waals surface area contributed by atoms with Gasteiger partial charge in [-0.25, -0.2) is 8.78 Å². The second kappa shape index (κ2) is 8.03. The van der Waals surface area contributed by atoms with Gasteiger partial charge < -0.3 is 9.64 Å². The zero-order chi connectivity index (χ0) is 16.9. The van der Waals surface area contributed by atoms with Crippen molar-refractivity contribution in [2.24, 2.45) is 0 Å². The van der Waals surface area contributed by atoms with E-state index in [-0.39, 0.29) is 17.5 Å². The molecule has 1 aromatic carbocycles. The van der Waals surface area contributed by atoms with Gasteiger partial charge in [0, 0.05) is 37.8 Å². The molecule has 3 rings (SSSR count). The van der Waals surface area contributed by atoms with Crippen LogP contribution in [0.4, 0.5) is 8.78 Å². The van der Waals surface area contributed by atoms with Gasteiger partial charge >= 0.3 is 0 Å². The summed E-state index contributed by atoms with van der Waals surface area (Å²) in [4.78, 5) is 16.9. The van der Waals surface area contributed by atoms with E-state index in [4.69, 9.17) is 4.74 Å². The van der Waals surface area contributed by atoms with Crippen LogP contribution >= 0.6 is 0 Å². The number of hydrogen-bond donors (Lipinski definition) is 0. The van der Waals surface area contributed by atoms with Gasteiger partial charge in [0.2, 0.25) is 0 Å². The van der Waals surface area contributed by atoms with Gasteiger partial charge in [0.15, 0.2) is 11.6 Å². The molecule has 4 nitrogen and oxygen atoms in total. The van der Waals surface area contributed by atoms with Crippen molar-refractivity contribution in [2.75, 3.05) is 39.4 Å². The number of nitrogens with zero attached hydrogens (tertiary/aromatic N) is 2. The van der Waals surface area contributed by atoms with Crippen molar-refractivity contribution in [1.29, 1.82) is 0 Å². The molecule has 0 aromatic heterocycles. The van der Waals surface area contributed by atoms with Crippen LogP contribution in [0.2, 0.25) is 0 Å². The number of morpholine rings is 1. The highest BCUT2D eigenvalue weighted by molar-refractivity contribution is 5.94. The van der Waals surface area contributed by atoms with E-state index in [9.17, 15) is 13.6 Å². The molecule has 1 amide bonds. The molecule has 1 atom stereocenters. The van der Waals surface area contributed by atoms with Gasteiger partial charge in [-0.2, -0.15) is 0 Å². The Bertz CT molecular complexity index is 576. The van der Waals surface area contributed by atoms with Crippen molar-refractivity contribution in [3.8, 4) is 0 Å². The average molecular weight is 338 g/mol. The number of benzene rings is 1. The average Bonchev–Trinajstić information content (AvgIpc) is 2.63. The van der Waals surface area contributed by atoms with Crippen molar-refractivity contribution >= 4 is 5.91 Å². The standard InChI is InChI=1S/C18H24F2N2O2/c19-16-5-4-14(13-17(16)20)18(23)22-7-2-1-3-15(22)6-8-21-9-11-24-12-10-21/h4-5,13,15H,1-3,6-12H2/t15-/m0/s1. The fraction of sp³-hybridized carbons (Fsp3) is 0.611. The third kappa shape index (κ3) is 4.11. The van der Waals surface area contributed by atoms with E-state index in [0.717, 1.165) is 70.7 Å². The van der Waals surface area contributed by atoms with Gasteiger partial charge in [-0.3, -0.25) is 9.69 Å². The minimum atomic E-state index is -0.970. The molecule has 1 aromatic rings. The third-order valence-corrected chi connectivity index (χ3v) is 4.94. The Morgan fingerprint density at radius 3 is 2.67 bits per heavy atom. The van der Waals surface area contributed by atoms with Gasteiger partial charge in [-0.1, -0.05) is 0 Å². The number of rotatable bonds is 4. The number of carbonyl (C=O) groups excluding carboxylic acids is 1. The molecule has 0 saturated carbocycles. The van der Waals surface area contributed by atoms with Crippen molar-refractivity contribution in [3.63, 3.8) is 0 Å². The summed E-state index contributed by atoms with van der Waals surface area (Å²) >= 11 is 0. The Morgan fingerprint density at radius 2 is 1.92 bits per heavy atom. The second-order valence-corrected chi connectivity index (χ2v) is 6.52. The van der Waals surface area contributed by atoms with Crippen molar-refractivity contribution in [3.05, 3.63) is 35.4 Å². The highest BCUT2D eigenvalue weighted by Gasteiger charge is 2.28. The van der Waals surface area contributed by atoms with Crippen LogP contribution in [0.25, 0.3) is 0 Å². The maximum absolute atomic E-state index is 13.4. The molecule has 0 spiro atoms. The summed E-state index contributed by atoms with van der Waals surface area (Å²) in [5.74, 6) is -2.09. The molecule has 132 valence electrons. The maximum Gasteiger partial charge on any atom is 0.254 e. The molecule has 24 heavy (non-hydrogen) atoms. The Labute approximate surface area is 141 Å². The van der Waals surface area contributed by atoms with E-state index in [2.05, 4.69) is 4.90 Å². The topological polar surface area (TPSA) is 32.8 Å². The first-order valence-electron chi connectivity index (χ1n) is 8.71. The van der Waals surface area contributed by atoms with Gasteiger partial charge in [0.25, 0.3) is 5.91 Å². The van der Waals surface area contributed by atoms with Crippen molar-refractivity contribution in [1.82, 2.24) is 9.80 Å². The lowest BCUT2D eigenvalue weighted by molar-refractivity contribution is 0.0295. The molecule has 2 saturated heterocycles. The highest BCUT2D eigenvalue weighted by Crippen LogP contribution is 2.23. The van der Waals surface area contributed by atoms with Crippen LogP contribution in [0.3, 0.4) is 0 Å². The summed E-state index contributed by atoms with van der Waals surface area (Å²) in [6.07, 6.45) is 3.95. The smallest absolute Gasteiger partial charge is 0.254 e. The quantitative estimate of drug-likeness (QED) is 0.846. The van der Waals surface area contributed by atoms with E-state index >= 15 is 0 Å². The van der Waals surface area contributed by atoms with Crippen molar-refractivity contribution < 1.29 is 18.3 Å². The summed E-state index contributed by atoms with van der Waals surface area (Å²) in [7, 11) is 0. The molecule has 2 aliphatic heterocycles. The first kappa shape index (κ1) is 17.3. The molecule has 0 bridgehead atoms. The minimum Gasteiger partial charge on any atom is -0.379 e. The van der Waals surface area contributed by atoms with Crippen LogP contribution in [-0.4, -0.2) is 61.1 Å². The largest absolute Gasteiger partial charge is 0.379 e. The number of carbonyl (C=O) groups is 1. The van der Waals surface area contributed by atoms with E-state index in [0.29, 0.717) is 6.54 Å². The third-order valence-electron chi connectivity index (χ3n) is 4.94. The minimum absolute atomic E-state index is 0.169. The lowest BCUT2D eigenvalue weighted by Crippen LogP contribution is -2.46. The number of likely N-dealkylation sites (tertiary alicyclic amines) is 1. The van der Waals surface area contributed by atoms with E-state index < -0.39 is 11.6 Å². The highest BCUT2D eigenvalue weighted by atomic mass is 19.2. The van der Waals surface area contributed by atoms with Crippen LogP contribution < -0.4 is 0 Å². The predicted molar refractivity (Wildman–Crippen MR) is 86.9 cm³/mol. The SMILES string of the molecule is O=C(c1ccc(F)c(F)c1)N1CCCC[C@H]1CCN1CCOCC1. The van der Waals surface area contributed by atoms with Crippen LogP contribution in [0, 0.1) is 11.6 Å². The number of piperidine rings is 1. The Kier molecular flexibility index (Phi) is 5.79. The van der Waals surface area contributed by atoms with Crippen molar-refractivity contribution in [2.45, 2.75) is 31.7 Å². The van der Waals surface area contributed by atoms with Gasteiger partial charge in [0.05, 0.1) is 13.2 Å². The lowest BCUT2D eigenvalue weighted by Gasteiger charge is -2.37. The molecule has 2 fully saturated rings. The molecule has 0 unspecified atom stereocenters. The monoisotopic (exact) mass is 338 g/mol. The molecule has 6 heteroatoms. The number of halogens is 2. The zero-order valence-electron chi connectivity index (χ0n) is 13.8. The molecule has 0 N–H and O–H groups in total. The fourth-order valence-electron chi connectivity index (χ4n) is 3.52. The molecule has 0 aliphatic carbocycles. The zero-order valence-corrected chi connectivity index (χ0v) is 13.8. The Morgan fingerprint density at radius 1 is 1.12 bits per heavy atom. The Hall–Kier alpha value is -1.53. The molecular weight excluding hydrogens is 314 g/mol. The van der Waals surface area contributed by atoms with Crippen LogP contribution in [0.1, 0.15) is 36.0 Å². The summed E-state index contributed by atoms with van der Waals surface area (Å²) < 4.78 is 31.9. The molecule has 2 heterocycles. The Balaban J connectivity index is 1.64. The van der Waals surface area contributed by atoms with E-state index in [1.165, 1.54) is 6.07 Å². The van der Waals surface area contributed by atoms with E-state index in [1.54, 1.807) is 0 Å². The summed E-state index contributed by atoms with van der Waals surface area (Å²) in [5, 5.41) is 0. The van der Waals surface area contributed by atoms with E-state index in [1.807, 2.05) is 4.90 Å². The van der Waals surface area contributed by atoms with Gasteiger partial charge in [0.1, 0.15) is 0 Å². The van der Waals surface area contributed by atoms with Crippen LogP contribution in [-0.2, 0) is 4.74 Å². The predicted octanol–water partition coefficient (Wildman–Crippen LogP) is 2.68. The van der Waals surface area contributed by atoms with Gasteiger partial charge in [-0.15, -0.1) is 0 Å². The number of hydrogen-bond acceptors (Lipinski definition) is 3. The van der Waals surface area contributed by atoms with Gasteiger partial charge in [-0.05, 0) is 43.9 Å². The number of ether oxygens (including phenoxy) is 1. The summed E-state index contributed by atoms with van der Waals surface area (Å²) in [6.45, 7) is 5.03. The summed E-state index contributed by atoms with van der Waals surface area (Å²) in [5.41, 5.74) is 0.229. The van der Waals surface area contributed by atoms with Crippen LogP contribution in [0.5, 0.6) is 0 Å². The summed E-state index contributed by atoms with van der Waals surface area (Å²) in [6, 6.07) is 3.57. The lowest BCUT2D eigenvalue weighted by atomic mass is 9.97. The maximum atomic E-state index is 13.4. The molecule has 0 radical (unpaired) electrons. The number of amides is 1.